The van der Waals surface area contributed by atoms with E-state index in [9.17, 15) is 0 Å². The minimum atomic E-state index is -0.539. The predicted octanol–water partition coefficient (Wildman–Crippen LogP) is 9.47. The number of halogens is 1. The van der Waals surface area contributed by atoms with Gasteiger partial charge >= 0.3 is 0 Å². The van der Waals surface area contributed by atoms with Crippen LogP contribution in [0.2, 0.25) is 0 Å². The van der Waals surface area contributed by atoms with Crippen LogP contribution in [-0.4, -0.2) is 14.4 Å². The van der Waals surface area contributed by atoms with Crippen molar-refractivity contribution in [3.05, 3.63) is 115 Å². The zero-order valence-corrected chi connectivity index (χ0v) is 21.3. The lowest BCUT2D eigenvalue weighted by atomic mass is 9.98. The lowest BCUT2D eigenvalue weighted by Gasteiger charge is -2.09. The Morgan fingerprint density at radius 2 is 1.33 bits per heavy atom. The fourth-order valence-corrected chi connectivity index (χ4v) is 7.44. The second kappa shape index (κ2) is 7.59. The van der Waals surface area contributed by atoms with Crippen LogP contribution in [0.1, 0.15) is 0 Å². The van der Waals surface area contributed by atoms with E-state index in [2.05, 4.69) is 82.2 Å². The highest BCUT2D eigenvalue weighted by Crippen LogP contribution is 2.47. The van der Waals surface area contributed by atoms with Crippen molar-refractivity contribution in [3.8, 4) is 22.6 Å². The Morgan fingerprint density at radius 1 is 0.590 bits per heavy atom. The van der Waals surface area contributed by atoms with Gasteiger partial charge in [-0.25, -0.2) is 4.98 Å². The summed E-state index contributed by atoms with van der Waals surface area (Å²) in [7, 11) is 0. The second-order valence-corrected chi connectivity index (χ2v) is 11.0. The third-order valence-corrected chi connectivity index (χ3v) is 8.97. The van der Waals surface area contributed by atoms with E-state index < -0.39 is 5.95 Å². The molecule has 0 spiro atoms. The maximum Gasteiger partial charge on any atom is 0.217 e. The van der Waals surface area contributed by atoms with E-state index in [1.807, 2.05) is 30.3 Å². The third-order valence-electron chi connectivity index (χ3n) is 7.85. The smallest absolute Gasteiger partial charge is 0.217 e. The van der Waals surface area contributed by atoms with Crippen LogP contribution in [0.3, 0.4) is 0 Å². The molecule has 0 atom stereocenters. The van der Waals surface area contributed by atoms with Crippen molar-refractivity contribution in [1.82, 2.24) is 14.4 Å². The second-order valence-electron chi connectivity index (χ2n) is 9.93. The standard InChI is InChI=1S/C34H18FN3S/c35-29-18-24(19-8-2-1-3-9-19)36-34(37-29)23-16-17-28-32-30(23)22-12-6-11-21-20-10-4-5-13-25(20)38(33(21)22)26-14-7-15-27(39-28)31(26)32/h1-18H. The largest absolute Gasteiger partial charge is 0.308 e. The van der Waals surface area contributed by atoms with Gasteiger partial charge < -0.3 is 4.40 Å². The Morgan fingerprint density at radius 3 is 2.26 bits per heavy atom. The number of hydrogen-bond donors (Lipinski definition) is 0. The molecule has 0 N–H and O–H groups in total. The fourth-order valence-electron chi connectivity index (χ4n) is 6.31. The van der Waals surface area contributed by atoms with Crippen LogP contribution in [-0.2, 0) is 0 Å². The summed E-state index contributed by atoms with van der Waals surface area (Å²) in [6.07, 6.45) is 0. The molecule has 3 nitrogen and oxygen atoms in total. The van der Waals surface area contributed by atoms with Gasteiger partial charge in [0.1, 0.15) is 0 Å². The zero-order valence-electron chi connectivity index (χ0n) is 20.5. The Hall–Kier alpha value is -4.87. The van der Waals surface area contributed by atoms with Gasteiger partial charge in [-0.1, -0.05) is 72.8 Å². The molecule has 0 fully saturated rings. The maximum absolute atomic E-state index is 15.1. The first-order valence-electron chi connectivity index (χ1n) is 12.9. The number of para-hydroxylation sites is 2. The summed E-state index contributed by atoms with van der Waals surface area (Å²) >= 11 is 1.79. The van der Waals surface area contributed by atoms with Crippen LogP contribution in [0.4, 0.5) is 4.39 Å². The van der Waals surface area contributed by atoms with E-state index in [-0.39, 0.29) is 0 Å². The number of benzene rings is 5. The molecule has 4 heterocycles. The number of rotatable bonds is 2. The van der Waals surface area contributed by atoms with E-state index in [0.717, 1.165) is 27.4 Å². The monoisotopic (exact) mass is 519 g/mol. The molecule has 5 heteroatoms. The number of thiophene rings is 1. The highest BCUT2D eigenvalue weighted by Gasteiger charge is 2.22. The summed E-state index contributed by atoms with van der Waals surface area (Å²) in [6, 6.07) is 37.0. The lowest BCUT2D eigenvalue weighted by molar-refractivity contribution is 0.582. The molecule has 39 heavy (non-hydrogen) atoms. The zero-order chi connectivity index (χ0) is 25.7. The summed E-state index contributed by atoms with van der Waals surface area (Å²) in [5.41, 5.74) is 5.76. The Kier molecular flexibility index (Phi) is 4.11. The molecule has 0 aliphatic heterocycles. The maximum atomic E-state index is 15.1. The minimum Gasteiger partial charge on any atom is -0.308 e. The average molecular weight is 520 g/mol. The first-order valence-corrected chi connectivity index (χ1v) is 13.7. The van der Waals surface area contributed by atoms with Gasteiger partial charge in [-0.05, 0) is 30.3 Å². The van der Waals surface area contributed by atoms with Gasteiger partial charge in [0.15, 0.2) is 5.82 Å². The number of fused-ring (bicyclic) bond motifs is 5. The summed E-state index contributed by atoms with van der Waals surface area (Å²) in [6.45, 7) is 0. The van der Waals surface area contributed by atoms with Crippen molar-refractivity contribution in [2.24, 2.45) is 0 Å². The summed E-state index contributed by atoms with van der Waals surface area (Å²) in [5, 5.41) is 6.97. The fraction of sp³-hybridized carbons (Fsp3) is 0. The molecule has 5 aromatic carbocycles. The number of aromatic nitrogens is 3. The van der Waals surface area contributed by atoms with Crippen LogP contribution in [0.5, 0.6) is 0 Å². The first-order chi connectivity index (χ1) is 19.3. The summed E-state index contributed by atoms with van der Waals surface area (Å²) in [4.78, 5) is 9.26. The van der Waals surface area contributed by atoms with Crippen molar-refractivity contribution < 1.29 is 4.39 Å². The molecular formula is C34H18FN3S. The Labute approximate surface area is 225 Å². The molecule has 182 valence electrons. The SMILES string of the molecule is Fc1cc(-c2ccccc2)nc(-c2ccc3sc4cccc5c4c3c2c2cccc3c4ccccc4n5c32)n1. The van der Waals surface area contributed by atoms with E-state index in [0.29, 0.717) is 11.5 Å². The molecule has 0 saturated carbocycles. The van der Waals surface area contributed by atoms with E-state index >= 15 is 4.39 Å². The van der Waals surface area contributed by atoms with Crippen molar-refractivity contribution in [2.75, 3.05) is 0 Å². The molecule has 0 radical (unpaired) electrons. The summed E-state index contributed by atoms with van der Waals surface area (Å²) < 4.78 is 19.9. The number of hydrogen-bond acceptors (Lipinski definition) is 3. The van der Waals surface area contributed by atoms with Crippen molar-refractivity contribution >= 4 is 69.6 Å². The van der Waals surface area contributed by atoms with Crippen molar-refractivity contribution in [1.29, 1.82) is 0 Å². The minimum absolute atomic E-state index is 0.393. The molecule has 4 aromatic heterocycles. The third kappa shape index (κ3) is 2.80. The molecule has 0 aliphatic rings. The molecule has 0 saturated heterocycles. The van der Waals surface area contributed by atoms with E-state index in [1.165, 1.54) is 48.0 Å². The van der Waals surface area contributed by atoms with Gasteiger partial charge in [0.2, 0.25) is 5.95 Å². The number of nitrogens with zero attached hydrogens (tertiary/aromatic N) is 3. The Balaban J connectivity index is 1.55. The molecule has 9 rings (SSSR count). The van der Waals surface area contributed by atoms with Crippen molar-refractivity contribution in [2.45, 2.75) is 0 Å². The summed E-state index contributed by atoms with van der Waals surface area (Å²) in [5.74, 6) is -0.146. The molecule has 9 aromatic rings. The predicted molar refractivity (Wildman–Crippen MR) is 160 cm³/mol. The van der Waals surface area contributed by atoms with Crippen LogP contribution in [0.25, 0.3) is 80.9 Å². The topological polar surface area (TPSA) is 30.2 Å². The quantitative estimate of drug-likeness (QED) is 0.213. The van der Waals surface area contributed by atoms with Crippen LogP contribution in [0, 0.1) is 5.95 Å². The van der Waals surface area contributed by atoms with Gasteiger partial charge in [0.05, 0.1) is 22.2 Å². The lowest BCUT2D eigenvalue weighted by Crippen LogP contribution is -1.96. The van der Waals surface area contributed by atoms with Gasteiger partial charge in [0.25, 0.3) is 0 Å². The van der Waals surface area contributed by atoms with Crippen molar-refractivity contribution in [3.63, 3.8) is 0 Å². The highest BCUT2D eigenvalue weighted by atomic mass is 32.1. The van der Waals surface area contributed by atoms with Crippen LogP contribution < -0.4 is 0 Å². The van der Waals surface area contributed by atoms with Crippen LogP contribution >= 0.6 is 11.3 Å². The molecule has 0 bridgehead atoms. The Bertz CT molecular complexity index is 2400. The van der Waals surface area contributed by atoms with E-state index in [4.69, 9.17) is 4.98 Å². The van der Waals surface area contributed by atoms with Crippen LogP contribution in [0.15, 0.2) is 109 Å². The van der Waals surface area contributed by atoms with Gasteiger partial charge in [-0.2, -0.15) is 9.37 Å². The van der Waals surface area contributed by atoms with Gasteiger partial charge in [0, 0.05) is 58.9 Å². The molecule has 0 amide bonds. The van der Waals surface area contributed by atoms with Gasteiger partial charge in [-0.15, -0.1) is 11.3 Å². The molecule has 0 aliphatic carbocycles. The molecule has 0 unspecified atom stereocenters. The van der Waals surface area contributed by atoms with E-state index in [1.54, 1.807) is 11.3 Å². The average Bonchev–Trinajstić information content (AvgIpc) is 3.48. The normalized spacial score (nSPS) is 12.2. The van der Waals surface area contributed by atoms with Gasteiger partial charge in [-0.3, -0.25) is 0 Å². The molecular weight excluding hydrogens is 501 g/mol. The highest BCUT2D eigenvalue weighted by molar-refractivity contribution is 7.26. The first kappa shape index (κ1) is 21.1.